The van der Waals surface area contributed by atoms with Crippen molar-refractivity contribution in [1.82, 2.24) is 14.9 Å². The predicted molar refractivity (Wildman–Crippen MR) is 112 cm³/mol. The molecule has 1 fully saturated rings. The van der Waals surface area contributed by atoms with E-state index in [-0.39, 0.29) is 23.9 Å². The van der Waals surface area contributed by atoms with Gasteiger partial charge in [-0.15, -0.1) is 0 Å². The Morgan fingerprint density at radius 1 is 1.20 bits per heavy atom. The number of methoxy groups -OCH3 is 3. The maximum atomic E-state index is 13.1. The number of amides is 1. The van der Waals surface area contributed by atoms with Gasteiger partial charge < -0.3 is 24.1 Å². The van der Waals surface area contributed by atoms with E-state index in [0.29, 0.717) is 41.6 Å². The van der Waals surface area contributed by atoms with Gasteiger partial charge >= 0.3 is 0 Å². The smallest absolute Gasteiger partial charge is 0.254 e. The molecule has 1 amide bonds. The third-order valence-corrected chi connectivity index (χ3v) is 5.56. The van der Waals surface area contributed by atoms with Gasteiger partial charge in [-0.3, -0.25) is 9.59 Å². The molecule has 1 N–H and O–H groups in total. The SMILES string of the molecule is CCc1c(C)nc([C@@H]2CCCN2C(=O)Cc2cc(OC)c(OC)c(OC)c2)[nH]c1=O. The summed E-state index contributed by atoms with van der Waals surface area (Å²) in [6, 6.07) is 3.34. The van der Waals surface area contributed by atoms with Gasteiger partial charge in [0.25, 0.3) is 5.56 Å². The molecule has 30 heavy (non-hydrogen) atoms. The maximum Gasteiger partial charge on any atom is 0.254 e. The number of nitrogens with one attached hydrogen (secondary N) is 1. The number of H-pyrrole nitrogens is 1. The summed E-state index contributed by atoms with van der Waals surface area (Å²) in [5.74, 6) is 2.03. The minimum atomic E-state index is -0.225. The van der Waals surface area contributed by atoms with Crippen LogP contribution in [0.1, 0.15) is 48.5 Å². The van der Waals surface area contributed by atoms with Crippen molar-refractivity contribution in [2.45, 2.75) is 45.6 Å². The zero-order valence-corrected chi connectivity index (χ0v) is 18.2. The number of carbonyl (C=O) groups is 1. The highest BCUT2D eigenvalue weighted by Crippen LogP contribution is 2.39. The number of aryl methyl sites for hydroxylation is 1. The minimum Gasteiger partial charge on any atom is -0.493 e. The number of carbonyl (C=O) groups excluding carboxylic acids is 1. The highest BCUT2D eigenvalue weighted by atomic mass is 16.5. The summed E-state index contributed by atoms with van der Waals surface area (Å²) < 4.78 is 16.1. The van der Waals surface area contributed by atoms with Crippen LogP contribution in [-0.4, -0.2) is 48.6 Å². The lowest BCUT2D eigenvalue weighted by atomic mass is 10.1. The van der Waals surface area contributed by atoms with Crippen molar-refractivity contribution in [3.8, 4) is 17.2 Å². The molecule has 162 valence electrons. The van der Waals surface area contributed by atoms with Crippen LogP contribution in [0.15, 0.2) is 16.9 Å². The zero-order valence-electron chi connectivity index (χ0n) is 18.2. The molecule has 1 aromatic carbocycles. The Labute approximate surface area is 176 Å². The molecule has 1 aliphatic rings. The molecule has 0 radical (unpaired) electrons. The molecular weight excluding hydrogens is 386 g/mol. The normalized spacial score (nSPS) is 15.9. The Hall–Kier alpha value is -3.03. The van der Waals surface area contributed by atoms with E-state index in [4.69, 9.17) is 14.2 Å². The van der Waals surface area contributed by atoms with Gasteiger partial charge in [0, 0.05) is 17.8 Å². The van der Waals surface area contributed by atoms with Gasteiger partial charge in [0.15, 0.2) is 11.5 Å². The first-order valence-corrected chi connectivity index (χ1v) is 10.1. The third-order valence-electron chi connectivity index (χ3n) is 5.56. The molecule has 2 aromatic rings. The predicted octanol–water partition coefficient (Wildman–Crippen LogP) is 2.57. The molecule has 0 saturated carbocycles. The Balaban J connectivity index is 1.86. The first-order chi connectivity index (χ1) is 14.4. The third kappa shape index (κ3) is 4.13. The van der Waals surface area contributed by atoms with Gasteiger partial charge in [-0.25, -0.2) is 4.98 Å². The summed E-state index contributed by atoms with van der Waals surface area (Å²) in [4.78, 5) is 34.8. The summed E-state index contributed by atoms with van der Waals surface area (Å²) in [7, 11) is 4.63. The molecule has 0 bridgehead atoms. The van der Waals surface area contributed by atoms with Crippen LogP contribution < -0.4 is 19.8 Å². The second-order valence-corrected chi connectivity index (χ2v) is 7.32. The van der Waals surface area contributed by atoms with Crippen molar-refractivity contribution in [2.24, 2.45) is 0 Å². The van der Waals surface area contributed by atoms with Crippen molar-refractivity contribution in [3.63, 3.8) is 0 Å². The van der Waals surface area contributed by atoms with Crippen molar-refractivity contribution < 1.29 is 19.0 Å². The maximum absolute atomic E-state index is 13.1. The van der Waals surface area contributed by atoms with Crippen LogP contribution in [0.3, 0.4) is 0 Å². The Morgan fingerprint density at radius 3 is 2.40 bits per heavy atom. The van der Waals surface area contributed by atoms with E-state index < -0.39 is 0 Å². The van der Waals surface area contributed by atoms with Crippen LogP contribution in [0, 0.1) is 6.92 Å². The number of hydrogen-bond donors (Lipinski definition) is 1. The second kappa shape index (κ2) is 9.19. The molecule has 2 heterocycles. The van der Waals surface area contributed by atoms with Crippen LogP contribution in [-0.2, 0) is 17.6 Å². The largest absolute Gasteiger partial charge is 0.493 e. The Kier molecular flexibility index (Phi) is 6.64. The first kappa shape index (κ1) is 21.7. The zero-order chi connectivity index (χ0) is 21.8. The van der Waals surface area contributed by atoms with Gasteiger partial charge in [-0.05, 0) is 43.9 Å². The van der Waals surface area contributed by atoms with Crippen LogP contribution in [0.25, 0.3) is 0 Å². The monoisotopic (exact) mass is 415 g/mol. The lowest BCUT2D eigenvalue weighted by Crippen LogP contribution is -2.34. The molecule has 1 saturated heterocycles. The number of rotatable bonds is 7. The van der Waals surface area contributed by atoms with Gasteiger partial charge in [-0.2, -0.15) is 0 Å². The summed E-state index contributed by atoms with van der Waals surface area (Å²) >= 11 is 0. The first-order valence-electron chi connectivity index (χ1n) is 10.1. The number of aromatic amines is 1. The van der Waals surface area contributed by atoms with E-state index in [1.54, 1.807) is 38.4 Å². The standard InChI is InChI=1S/C22H29N3O5/c1-6-15-13(2)23-21(24-22(15)27)16-8-7-9-25(16)19(26)12-14-10-17(28-3)20(30-5)18(11-14)29-4/h10-11,16H,6-9,12H2,1-5H3,(H,23,24,27)/t16-/m0/s1. The van der Waals surface area contributed by atoms with Crippen molar-refractivity contribution in [1.29, 1.82) is 0 Å². The van der Waals surface area contributed by atoms with E-state index in [1.165, 1.54) is 0 Å². The molecule has 1 aliphatic heterocycles. The van der Waals surface area contributed by atoms with E-state index in [2.05, 4.69) is 9.97 Å². The van der Waals surface area contributed by atoms with Gasteiger partial charge in [0.1, 0.15) is 5.82 Å². The summed E-state index contributed by atoms with van der Waals surface area (Å²) in [5, 5.41) is 0. The molecule has 1 aromatic heterocycles. The van der Waals surface area contributed by atoms with Crippen LogP contribution in [0.5, 0.6) is 17.2 Å². The fourth-order valence-corrected chi connectivity index (χ4v) is 4.07. The molecule has 8 nitrogen and oxygen atoms in total. The number of benzene rings is 1. The van der Waals surface area contributed by atoms with E-state index in [9.17, 15) is 9.59 Å². The van der Waals surface area contributed by atoms with Crippen molar-refractivity contribution in [3.05, 3.63) is 45.1 Å². The highest BCUT2D eigenvalue weighted by Gasteiger charge is 2.32. The van der Waals surface area contributed by atoms with Gasteiger partial charge in [0.2, 0.25) is 11.7 Å². The number of likely N-dealkylation sites (tertiary alicyclic amines) is 1. The number of nitrogens with zero attached hydrogens (tertiary/aromatic N) is 2. The molecule has 0 spiro atoms. The van der Waals surface area contributed by atoms with E-state index in [0.717, 1.165) is 24.1 Å². The number of ether oxygens (including phenoxy) is 3. The minimum absolute atomic E-state index is 0.0355. The summed E-state index contributed by atoms with van der Waals surface area (Å²) in [6.07, 6.45) is 2.45. The second-order valence-electron chi connectivity index (χ2n) is 7.32. The number of aromatic nitrogens is 2. The summed E-state index contributed by atoms with van der Waals surface area (Å²) in [5.41, 5.74) is 2.05. The van der Waals surface area contributed by atoms with Gasteiger partial charge in [-0.1, -0.05) is 6.92 Å². The lowest BCUT2D eigenvalue weighted by molar-refractivity contribution is -0.131. The van der Waals surface area contributed by atoms with Crippen molar-refractivity contribution in [2.75, 3.05) is 27.9 Å². The topological polar surface area (TPSA) is 93.8 Å². The Bertz CT molecular complexity index is 960. The van der Waals surface area contributed by atoms with Crippen molar-refractivity contribution >= 4 is 5.91 Å². The fourth-order valence-electron chi connectivity index (χ4n) is 4.07. The molecular formula is C22H29N3O5. The highest BCUT2D eigenvalue weighted by molar-refractivity contribution is 5.80. The molecule has 0 unspecified atom stereocenters. The average molecular weight is 415 g/mol. The number of hydrogen-bond acceptors (Lipinski definition) is 6. The van der Waals surface area contributed by atoms with Gasteiger partial charge in [0.05, 0.1) is 33.8 Å². The molecule has 8 heteroatoms. The molecule has 1 atom stereocenters. The fraction of sp³-hybridized carbons (Fsp3) is 0.500. The van der Waals surface area contributed by atoms with E-state index >= 15 is 0 Å². The average Bonchev–Trinajstić information content (AvgIpc) is 3.22. The lowest BCUT2D eigenvalue weighted by Gasteiger charge is -2.25. The van der Waals surface area contributed by atoms with Crippen LogP contribution >= 0.6 is 0 Å². The molecule has 0 aliphatic carbocycles. The summed E-state index contributed by atoms with van der Waals surface area (Å²) in [6.45, 7) is 4.41. The van der Waals surface area contributed by atoms with E-state index in [1.807, 2.05) is 13.8 Å². The van der Waals surface area contributed by atoms with Crippen LogP contribution in [0.2, 0.25) is 0 Å². The quantitative estimate of drug-likeness (QED) is 0.747. The molecule has 3 rings (SSSR count). The Morgan fingerprint density at radius 2 is 1.87 bits per heavy atom. The van der Waals surface area contributed by atoms with Crippen LogP contribution in [0.4, 0.5) is 0 Å².